The van der Waals surface area contributed by atoms with Crippen LogP contribution in [0.4, 0.5) is 4.39 Å². The maximum Gasteiger partial charge on any atom is 0.134 e. The van der Waals surface area contributed by atoms with Crippen molar-refractivity contribution in [2.75, 3.05) is 6.54 Å². The summed E-state index contributed by atoms with van der Waals surface area (Å²) in [5, 5.41) is 3.36. The van der Waals surface area contributed by atoms with Gasteiger partial charge >= 0.3 is 0 Å². The molecular formula is C16H20FNO. The highest BCUT2D eigenvalue weighted by atomic mass is 19.1. The van der Waals surface area contributed by atoms with Gasteiger partial charge in [0.15, 0.2) is 0 Å². The molecule has 0 radical (unpaired) electrons. The number of halogens is 1. The smallest absolute Gasteiger partial charge is 0.134 e. The molecule has 2 aromatic rings. The van der Waals surface area contributed by atoms with Crippen LogP contribution >= 0.6 is 0 Å². The van der Waals surface area contributed by atoms with Gasteiger partial charge in [-0.15, -0.1) is 0 Å². The number of nitrogens with one attached hydrogen (secondary N) is 1. The van der Waals surface area contributed by atoms with E-state index in [1.54, 1.807) is 12.1 Å². The molecule has 3 heteroatoms. The summed E-state index contributed by atoms with van der Waals surface area (Å²) in [7, 11) is 0. The van der Waals surface area contributed by atoms with Gasteiger partial charge in [0, 0.05) is 12.1 Å². The highest BCUT2D eigenvalue weighted by Crippen LogP contribution is 2.22. The summed E-state index contributed by atoms with van der Waals surface area (Å²) in [5.41, 5.74) is 1.15. The van der Waals surface area contributed by atoms with E-state index in [0.717, 1.165) is 23.6 Å². The van der Waals surface area contributed by atoms with E-state index in [0.29, 0.717) is 6.54 Å². The van der Waals surface area contributed by atoms with Gasteiger partial charge in [-0.3, -0.25) is 0 Å². The number of hydrogen-bond acceptors (Lipinski definition) is 2. The van der Waals surface area contributed by atoms with Crippen LogP contribution in [0.1, 0.15) is 26.5 Å². The van der Waals surface area contributed by atoms with Crippen molar-refractivity contribution in [3.8, 4) is 11.3 Å². The first kappa shape index (κ1) is 13.8. The number of benzene rings is 1. The molecule has 0 aliphatic carbocycles. The van der Waals surface area contributed by atoms with Crippen LogP contribution < -0.4 is 5.32 Å². The molecule has 102 valence electrons. The van der Waals surface area contributed by atoms with E-state index in [2.05, 4.69) is 26.1 Å². The molecule has 2 rings (SSSR count). The predicted molar refractivity (Wildman–Crippen MR) is 75.3 cm³/mol. The Morgan fingerprint density at radius 1 is 1.05 bits per heavy atom. The summed E-state index contributed by atoms with van der Waals surface area (Å²) in [6, 6.07) is 10.2. The largest absolute Gasteiger partial charge is 0.460 e. The first-order valence-electron chi connectivity index (χ1n) is 6.49. The lowest BCUT2D eigenvalue weighted by Gasteiger charge is -2.18. The fraction of sp³-hybridized carbons (Fsp3) is 0.375. The van der Waals surface area contributed by atoms with Crippen LogP contribution in [0.3, 0.4) is 0 Å². The van der Waals surface area contributed by atoms with Crippen molar-refractivity contribution in [3.63, 3.8) is 0 Å². The molecule has 1 aromatic carbocycles. The van der Waals surface area contributed by atoms with Crippen molar-refractivity contribution in [3.05, 3.63) is 48.0 Å². The van der Waals surface area contributed by atoms with Crippen LogP contribution in [-0.2, 0) is 6.54 Å². The zero-order chi connectivity index (χ0) is 13.9. The highest BCUT2D eigenvalue weighted by Gasteiger charge is 2.10. The van der Waals surface area contributed by atoms with Gasteiger partial charge < -0.3 is 9.73 Å². The molecule has 0 unspecified atom stereocenters. The first-order valence-corrected chi connectivity index (χ1v) is 6.49. The van der Waals surface area contributed by atoms with Crippen LogP contribution in [0.15, 0.2) is 40.8 Å². The van der Waals surface area contributed by atoms with Gasteiger partial charge in [0.1, 0.15) is 17.3 Å². The Kier molecular flexibility index (Phi) is 4.05. The average Bonchev–Trinajstić information content (AvgIpc) is 2.77. The summed E-state index contributed by atoms with van der Waals surface area (Å²) in [6.45, 7) is 8.20. The summed E-state index contributed by atoms with van der Waals surface area (Å²) < 4.78 is 18.6. The zero-order valence-electron chi connectivity index (χ0n) is 11.7. The minimum Gasteiger partial charge on any atom is -0.460 e. The fourth-order valence-electron chi connectivity index (χ4n) is 1.80. The van der Waals surface area contributed by atoms with Gasteiger partial charge in [0.2, 0.25) is 0 Å². The minimum atomic E-state index is -0.234. The molecule has 0 aliphatic heterocycles. The lowest BCUT2D eigenvalue weighted by atomic mass is 9.97. The normalized spacial score (nSPS) is 11.8. The average molecular weight is 261 g/mol. The van der Waals surface area contributed by atoms with Gasteiger partial charge in [0.05, 0.1) is 6.54 Å². The molecule has 1 N–H and O–H groups in total. The van der Waals surface area contributed by atoms with E-state index in [4.69, 9.17) is 4.42 Å². The first-order chi connectivity index (χ1) is 8.94. The maximum absolute atomic E-state index is 12.8. The third kappa shape index (κ3) is 4.21. The Labute approximate surface area is 113 Å². The van der Waals surface area contributed by atoms with E-state index in [1.807, 2.05) is 12.1 Å². The second-order valence-corrected chi connectivity index (χ2v) is 5.94. The fourth-order valence-corrected chi connectivity index (χ4v) is 1.80. The van der Waals surface area contributed by atoms with E-state index < -0.39 is 0 Å². The monoisotopic (exact) mass is 261 g/mol. The summed E-state index contributed by atoms with van der Waals surface area (Å²) in [4.78, 5) is 0. The molecule has 0 aliphatic rings. The molecule has 0 saturated heterocycles. The topological polar surface area (TPSA) is 25.2 Å². The standard InChI is InChI=1S/C16H20FNO/c1-16(2,3)11-18-10-14-8-9-15(19-14)12-4-6-13(17)7-5-12/h4-9,18H,10-11H2,1-3H3. The third-order valence-electron chi connectivity index (χ3n) is 2.74. The van der Waals surface area contributed by atoms with Gasteiger partial charge in [-0.05, 0) is 41.8 Å². The molecule has 0 spiro atoms. The molecule has 1 heterocycles. The Morgan fingerprint density at radius 2 is 1.74 bits per heavy atom. The molecule has 19 heavy (non-hydrogen) atoms. The minimum absolute atomic E-state index is 0.234. The predicted octanol–water partition coefficient (Wildman–Crippen LogP) is 4.22. The Bertz CT molecular complexity index is 522. The van der Waals surface area contributed by atoms with Crippen LogP contribution in [0, 0.1) is 11.2 Å². The molecule has 0 atom stereocenters. The second-order valence-electron chi connectivity index (χ2n) is 5.94. The SMILES string of the molecule is CC(C)(C)CNCc1ccc(-c2ccc(F)cc2)o1. The van der Waals surface area contributed by atoms with Gasteiger partial charge in [-0.1, -0.05) is 20.8 Å². The van der Waals surface area contributed by atoms with Crippen molar-refractivity contribution < 1.29 is 8.81 Å². The van der Waals surface area contributed by atoms with Gasteiger partial charge in [-0.2, -0.15) is 0 Å². The summed E-state index contributed by atoms with van der Waals surface area (Å²) >= 11 is 0. The third-order valence-corrected chi connectivity index (χ3v) is 2.74. The van der Waals surface area contributed by atoms with Gasteiger partial charge in [0.25, 0.3) is 0 Å². The second kappa shape index (κ2) is 5.57. The molecule has 2 nitrogen and oxygen atoms in total. The van der Waals surface area contributed by atoms with E-state index >= 15 is 0 Å². The maximum atomic E-state index is 12.8. The Hall–Kier alpha value is -1.61. The number of furan rings is 1. The van der Waals surface area contributed by atoms with Crippen molar-refractivity contribution in [1.82, 2.24) is 5.32 Å². The quantitative estimate of drug-likeness (QED) is 0.891. The molecule has 1 aromatic heterocycles. The molecule has 0 fully saturated rings. The van der Waals surface area contributed by atoms with Crippen LogP contribution in [-0.4, -0.2) is 6.54 Å². The van der Waals surface area contributed by atoms with Crippen LogP contribution in [0.2, 0.25) is 0 Å². The molecule has 0 amide bonds. The van der Waals surface area contributed by atoms with Crippen LogP contribution in [0.5, 0.6) is 0 Å². The Balaban J connectivity index is 1.97. The zero-order valence-corrected chi connectivity index (χ0v) is 11.7. The summed E-state index contributed by atoms with van der Waals surface area (Å²) in [6.07, 6.45) is 0. The lowest BCUT2D eigenvalue weighted by molar-refractivity contribution is 0.368. The molecule has 0 saturated carbocycles. The molecule has 0 bridgehead atoms. The van der Waals surface area contributed by atoms with Crippen molar-refractivity contribution >= 4 is 0 Å². The highest BCUT2D eigenvalue weighted by molar-refractivity contribution is 5.57. The summed E-state index contributed by atoms with van der Waals surface area (Å²) in [5.74, 6) is 1.43. The number of hydrogen-bond donors (Lipinski definition) is 1. The van der Waals surface area contributed by atoms with Crippen molar-refractivity contribution in [2.24, 2.45) is 5.41 Å². The van der Waals surface area contributed by atoms with Crippen molar-refractivity contribution in [1.29, 1.82) is 0 Å². The van der Waals surface area contributed by atoms with E-state index in [9.17, 15) is 4.39 Å². The molecular weight excluding hydrogens is 241 g/mol. The van der Waals surface area contributed by atoms with E-state index in [1.165, 1.54) is 12.1 Å². The van der Waals surface area contributed by atoms with E-state index in [-0.39, 0.29) is 11.2 Å². The number of rotatable bonds is 4. The van der Waals surface area contributed by atoms with Crippen LogP contribution in [0.25, 0.3) is 11.3 Å². The van der Waals surface area contributed by atoms with Gasteiger partial charge in [-0.25, -0.2) is 4.39 Å². The lowest BCUT2D eigenvalue weighted by Crippen LogP contribution is -2.26. The van der Waals surface area contributed by atoms with Crippen molar-refractivity contribution in [2.45, 2.75) is 27.3 Å². The Morgan fingerprint density at radius 3 is 2.37 bits per heavy atom.